The van der Waals surface area contributed by atoms with Crippen molar-refractivity contribution >= 4 is 32.3 Å². The summed E-state index contributed by atoms with van der Waals surface area (Å²) >= 11 is 0. The topological polar surface area (TPSA) is 75.2 Å². The third-order valence-corrected chi connectivity index (χ3v) is 7.15. The number of aryl methyl sites for hydroxylation is 2. The van der Waals surface area contributed by atoms with Gasteiger partial charge in [-0.15, -0.1) is 10.2 Å². The molecule has 0 aliphatic heterocycles. The van der Waals surface area contributed by atoms with Crippen molar-refractivity contribution in [1.82, 2.24) is 14.5 Å². The Kier molecular flexibility index (Phi) is 5.47. The second kappa shape index (κ2) is 8.09. The minimum Gasteiger partial charge on any atom is -0.338 e. The molecule has 0 spiro atoms. The first-order valence-corrected chi connectivity index (χ1v) is 11.3. The van der Waals surface area contributed by atoms with Crippen molar-refractivity contribution in [3.8, 4) is 11.3 Å². The van der Waals surface area contributed by atoms with E-state index in [4.69, 9.17) is 0 Å². The molecular weight excluding hydrogens is 408 g/mol. The molecule has 0 amide bonds. The monoisotopic (exact) mass is 432 g/mol. The van der Waals surface area contributed by atoms with Crippen molar-refractivity contribution in [2.24, 2.45) is 0 Å². The van der Waals surface area contributed by atoms with Gasteiger partial charge in [-0.05, 0) is 43.2 Å². The van der Waals surface area contributed by atoms with Crippen LogP contribution in [0.4, 0.5) is 11.5 Å². The predicted molar refractivity (Wildman–Crippen MR) is 125 cm³/mol. The molecule has 1 heterocycles. The van der Waals surface area contributed by atoms with Crippen LogP contribution in [0.3, 0.4) is 0 Å². The maximum absolute atomic E-state index is 12.8. The second-order valence-electron chi connectivity index (χ2n) is 7.70. The number of sulfonamides is 1. The normalized spacial score (nSPS) is 11.8. The molecule has 3 aromatic carbocycles. The summed E-state index contributed by atoms with van der Waals surface area (Å²) in [5.74, 6) is 0.651. The Morgan fingerprint density at radius 3 is 2.29 bits per heavy atom. The number of fused-ring (bicyclic) bond motifs is 1. The van der Waals surface area contributed by atoms with Gasteiger partial charge in [0.2, 0.25) is 10.0 Å². The zero-order chi connectivity index (χ0) is 22.2. The maximum Gasteiger partial charge on any atom is 0.242 e. The first-order chi connectivity index (χ1) is 14.8. The van der Waals surface area contributed by atoms with E-state index in [1.807, 2.05) is 61.5 Å². The standard InChI is InChI=1S/C24H24N4O2S/c1-16-8-7-9-19(14-16)25-24-21-11-6-5-10-20(21)23(26-27-24)18-13-12-17(2)22(15-18)31(29,30)28(3)4/h5-15H,1-4H3,(H,25,27). The lowest BCUT2D eigenvalue weighted by molar-refractivity contribution is 0.520. The van der Waals surface area contributed by atoms with Crippen molar-refractivity contribution in [1.29, 1.82) is 0 Å². The molecule has 0 aliphatic carbocycles. The fraction of sp³-hybridized carbons (Fsp3) is 0.167. The van der Waals surface area contributed by atoms with E-state index in [1.165, 1.54) is 18.4 Å². The van der Waals surface area contributed by atoms with E-state index in [2.05, 4.69) is 15.5 Å². The van der Waals surface area contributed by atoms with Crippen LogP contribution in [0.15, 0.2) is 71.6 Å². The van der Waals surface area contributed by atoms with Gasteiger partial charge >= 0.3 is 0 Å². The molecular formula is C24H24N4O2S. The molecule has 1 N–H and O–H groups in total. The Morgan fingerprint density at radius 2 is 1.58 bits per heavy atom. The van der Waals surface area contributed by atoms with E-state index in [-0.39, 0.29) is 4.90 Å². The second-order valence-corrected chi connectivity index (χ2v) is 9.83. The Hall–Kier alpha value is -3.29. The molecule has 31 heavy (non-hydrogen) atoms. The zero-order valence-electron chi connectivity index (χ0n) is 17.9. The van der Waals surface area contributed by atoms with Crippen molar-refractivity contribution in [2.45, 2.75) is 18.7 Å². The highest BCUT2D eigenvalue weighted by Gasteiger charge is 2.21. The average Bonchev–Trinajstić information content (AvgIpc) is 2.74. The van der Waals surface area contributed by atoms with Crippen LogP contribution in [0.2, 0.25) is 0 Å². The Morgan fingerprint density at radius 1 is 0.839 bits per heavy atom. The van der Waals surface area contributed by atoms with Crippen LogP contribution in [0, 0.1) is 13.8 Å². The van der Waals surface area contributed by atoms with Gasteiger partial charge in [-0.3, -0.25) is 0 Å². The SMILES string of the molecule is Cc1cccc(Nc2nnc(-c3ccc(C)c(S(=O)(=O)N(C)C)c3)c3ccccc23)c1. The van der Waals surface area contributed by atoms with E-state index in [0.717, 1.165) is 22.0 Å². The molecule has 4 rings (SSSR count). The van der Waals surface area contributed by atoms with Gasteiger partial charge in [0.15, 0.2) is 5.82 Å². The lowest BCUT2D eigenvalue weighted by Gasteiger charge is -2.15. The first kappa shape index (κ1) is 21.0. The smallest absolute Gasteiger partial charge is 0.242 e. The molecule has 0 saturated carbocycles. The van der Waals surface area contributed by atoms with Crippen molar-refractivity contribution < 1.29 is 8.42 Å². The molecule has 4 aromatic rings. The lowest BCUT2D eigenvalue weighted by atomic mass is 10.0. The molecule has 0 bridgehead atoms. The van der Waals surface area contributed by atoms with Crippen LogP contribution < -0.4 is 5.32 Å². The minimum absolute atomic E-state index is 0.267. The third-order valence-electron chi connectivity index (χ3n) is 5.19. The van der Waals surface area contributed by atoms with E-state index < -0.39 is 10.0 Å². The Bertz CT molecular complexity index is 1380. The number of benzene rings is 3. The van der Waals surface area contributed by atoms with Crippen molar-refractivity contribution in [3.05, 3.63) is 77.9 Å². The zero-order valence-corrected chi connectivity index (χ0v) is 18.7. The summed E-state index contributed by atoms with van der Waals surface area (Å²) in [7, 11) is -0.511. The number of nitrogens with one attached hydrogen (secondary N) is 1. The van der Waals surface area contributed by atoms with E-state index in [0.29, 0.717) is 22.6 Å². The van der Waals surface area contributed by atoms with Crippen LogP contribution in [-0.4, -0.2) is 37.0 Å². The van der Waals surface area contributed by atoms with Crippen LogP contribution in [0.5, 0.6) is 0 Å². The number of aromatic nitrogens is 2. The number of hydrogen-bond donors (Lipinski definition) is 1. The summed E-state index contributed by atoms with van der Waals surface area (Å²) in [4.78, 5) is 0.267. The molecule has 7 heteroatoms. The number of hydrogen-bond acceptors (Lipinski definition) is 5. The summed E-state index contributed by atoms with van der Waals surface area (Å²) in [6.07, 6.45) is 0. The summed E-state index contributed by atoms with van der Waals surface area (Å²) < 4.78 is 26.7. The molecule has 0 saturated heterocycles. The fourth-order valence-corrected chi connectivity index (χ4v) is 4.64. The number of nitrogens with zero attached hydrogens (tertiary/aromatic N) is 3. The molecule has 0 radical (unpaired) electrons. The van der Waals surface area contributed by atoms with E-state index in [1.54, 1.807) is 19.1 Å². The number of anilines is 2. The van der Waals surface area contributed by atoms with Gasteiger partial charge in [0.05, 0.1) is 4.90 Å². The maximum atomic E-state index is 12.8. The Balaban J connectivity index is 1.85. The Labute approximate surface area is 182 Å². The highest BCUT2D eigenvalue weighted by Crippen LogP contribution is 2.33. The summed E-state index contributed by atoms with van der Waals surface area (Å²) in [6, 6.07) is 21.3. The van der Waals surface area contributed by atoms with Gasteiger partial charge in [0.25, 0.3) is 0 Å². The highest BCUT2D eigenvalue weighted by atomic mass is 32.2. The van der Waals surface area contributed by atoms with E-state index in [9.17, 15) is 8.42 Å². The summed E-state index contributed by atoms with van der Waals surface area (Å²) in [6.45, 7) is 3.83. The molecule has 0 atom stereocenters. The minimum atomic E-state index is -3.57. The summed E-state index contributed by atoms with van der Waals surface area (Å²) in [5, 5.41) is 14.1. The molecule has 1 aromatic heterocycles. The van der Waals surface area contributed by atoms with Crippen molar-refractivity contribution in [3.63, 3.8) is 0 Å². The molecule has 6 nitrogen and oxygen atoms in total. The van der Waals surface area contributed by atoms with Crippen LogP contribution in [0.25, 0.3) is 22.0 Å². The number of rotatable bonds is 5. The van der Waals surface area contributed by atoms with Crippen LogP contribution in [-0.2, 0) is 10.0 Å². The largest absolute Gasteiger partial charge is 0.338 e. The van der Waals surface area contributed by atoms with Crippen molar-refractivity contribution in [2.75, 3.05) is 19.4 Å². The van der Waals surface area contributed by atoms with Gasteiger partial charge in [-0.1, -0.05) is 48.5 Å². The molecule has 0 aliphatic rings. The molecule has 0 fully saturated rings. The fourth-order valence-electron chi connectivity index (χ4n) is 3.49. The van der Waals surface area contributed by atoms with E-state index >= 15 is 0 Å². The van der Waals surface area contributed by atoms with Crippen LogP contribution in [0.1, 0.15) is 11.1 Å². The third kappa shape index (κ3) is 4.02. The van der Waals surface area contributed by atoms with Gasteiger partial charge in [0, 0.05) is 36.1 Å². The van der Waals surface area contributed by atoms with Gasteiger partial charge < -0.3 is 5.32 Å². The first-order valence-electron chi connectivity index (χ1n) is 9.90. The molecule has 0 unspecified atom stereocenters. The summed E-state index contributed by atoms with van der Waals surface area (Å²) in [5.41, 5.74) is 4.11. The van der Waals surface area contributed by atoms with Gasteiger partial charge in [-0.2, -0.15) is 0 Å². The average molecular weight is 433 g/mol. The molecule has 158 valence electrons. The lowest BCUT2D eigenvalue weighted by Crippen LogP contribution is -2.23. The van der Waals surface area contributed by atoms with Gasteiger partial charge in [-0.25, -0.2) is 12.7 Å². The van der Waals surface area contributed by atoms with Crippen LogP contribution >= 0.6 is 0 Å². The predicted octanol–water partition coefficient (Wildman–Crippen LogP) is 4.91. The van der Waals surface area contributed by atoms with Gasteiger partial charge in [0.1, 0.15) is 5.69 Å². The quantitative estimate of drug-likeness (QED) is 0.485. The highest BCUT2D eigenvalue weighted by molar-refractivity contribution is 7.89.